The Hall–Kier alpha value is -1.50. The molecular weight excluding hydrogens is 316 g/mol. The number of aromatic nitrogens is 2. The van der Waals surface area contributed by atoms with E-state index in [9.17, 15) is 4.79 Å². The van der Waals surface area contributed by atoms with E-state index in [1.807, 2.05) is 33.5 Å². The van der Waals surface area contributed by atoms with Crippen LogP contribution in [-0.2, 0) is 4.79 Å². The number of halogens is 1. The molecule has 0 saturated carbocycles. The van der Waals surface area contributed by atoms with Gasteiger partial charge in [-0.25, -0.2) is 4.98 Å². The number of fused-ring (bicyclic) bond motifs is 1. The summed E-state index contributed by atoms with van der Waals surface area (Å²) < 4.78 is 1.94. The lowest BCUT2D eigenvalue weighted by Crippen LogP contribution is -2.01. The summed E-state index contributed by atoms with van der Waals surface area (Å²) in [7, 11) is 0. The fraction of sp³-hybridized carbons (Fsp3) is 0.0769. The average Bonchev–Trinajstić information content (AvgIpc) is 3.02. The first-order chi connectivity index (χ1) is 9.65. The van der Waals surface area contributed by atoms with Gasteiger partial charge in [-0.3, -0.25) is 9.36 Å². The number of hydrogen-bond acceptors (Lipinski definition) is 4. The van der Waals surface area contributed by atoms with E-state index in [1.165, 1.54) is 11.8 Å². The van der Waals surface area contributed by atoms with Crippen LogP contribution >= 0.6 is 34.7 Å². The van der Waals surface area contributed by atoms with Gasteiger partial charge >= 0.3 is 5.97 Å². The van der Waals surface area contributed by atoms with E-state index in [4.69, 9.17) is 16.7 Å². The minimum Gasteiger partial charge on any atom is -0.481 e. The molecule has 0 bridgehead atoms. The van der Waals surface area contributed by atoms with Gasteiger partial charge in [0.05, 0.1) is 22.5 Å². The van der Waals surface area contributed by atoms with Gasteiger partial charge in [0.25, 0.3) is 0 Å². The second-order valence-corrected chi connectivity index (χ2v) is 6.19. The number of rotatable bonds is 4. The maximum atomic E-state index is 10.8. The van der Waals surface area contributed by atoms with Crippen LogP contribution < -0.4 is 0 Å². The molecule has 4 nitrogen and oxygen atoms in total. The van der Waals surface area contributed by atoms with E-state index in [-0.39, 0.29) is 5.75 Å². The van der Waals surface area contributed by atoms with Crippen LogP contribution in [0.5, 0.6) is 0 Å². The highest BCUT2D eigenvalue weighted by Crippen LogP contribution is 2.30. The Balaban J connectivity index is 2.17. The van der Waals surface area contributed by atoms with Crippen LogP contribution in [0.15, 0.2) is 40.2 Å². The number of thiophene rings is 1. The van der Waals surface area contributed by atoms with Crippen LogP contribution in [0, 0.1) is 0 Å². The lowest BCUT2D eigenvalue weighted by molar-refractivity contribution is -0.133. The number of carbonyl (C=O) groups is 1. The van der Waals surface area contributed by atoms with Crippen molar-refractivity contribution >= 4 is 51.7 Å². The molecule has 0 atom stereocenters. The minimum absolute atomic E-state index is 0.0266. The molecule has 0 aliphatic rings. The third-order valence-corrected chi connectivity index (χ3v) is 4.50. The molecule has 0 amide bonds. The fourth-order valence-corrected chi connectivity index (χ4v) is 3.42. The summed E-state index contributed by atoms with van der Waals surface area (Å²) in [5.41, 5.74) is 2.64. The molecule has 0 unspecified atom stereocenters. The van der Waals surface area contributed by atoms with Gasteiger partial charge in [0, 0.05) is 10.4 Å². The molecule has 3 aromatic rings. The van der Waals surface area contributed by atoms with E-state index < -0.39 is 5.97 Å². The smallest absolute Gasteiger partial charge is 0.313 e. The monoisotopic (exact) mass is 324 g/mol. The molecular formula is C13H9ClN2O2S2. The Morgan fingerprint density at radius 1 is 1.45 bits per heavy atom. The number of carboxylic acids is 1. The van der Waals surface area contributed by atoms with Crippen LogP contribution in [0.2, 0.25) is 5.02 Å². The number of hydrogen-bond donors (Lipinski definition) is 1. The molecule has 1 aromatic carbocycles. The first-order valence-electron chi connectivity index (χ1n) is 5.70. The van der Waals surface area contributed by atoms with Crippen molar-refractivity contribution in [1.82, 2.24) is 9.55 Å². The zero-order valence-corrected chi connectivity index (χ0v) is 12.5. The fourth-order valence-electron chi connectivity index (χ4n) is 1.88. The molecule has 20 heavy (non-hydrogen) atoms. The van der Waals surface area contributed by atoms with Crippen LogP contribution in [0.3, 0.4) is 0 Å². The Morgan fingerprint density at radius 3 is 3.00 bits per heavy atom. The van der Waals surface area contributed by atoms with E-state index in [0.717, 1.165) is 16.7 Å². The Labute approximate surface area is 128 Å². The van der Waals surface area contributed by atoms with E-state index in [2.05, 4.69) is 4.98 Å². The largest absolute Gasteiger partial charge is 0.481 e. The maximum absolute atomic E-state index is 10.8. The number of imidazole rings is 1. The van der Waals surface area contributed by atoms with Crippen molar-refractivity contribution in [1.29, 1.82) is 0 Å². The highest BCUT2D eigenvalue weighted by Gasteiger charge is 2.14. The number of benzene rings is 1. The first-order valence-corrected chi connectivity index (χ1v) is 8.01. The predicted octanol–water partition coefficient (Wildman–Crippen LogP) is 3.92. The zero-order chi connectivity index (χ0) is 14.1. The Kier molecular flexibility index (Phi) is 3.69. The summed E-state index contributed by atoms with van der Waals surface area (Å²) in [6, 6.07) is 7.43. The highest BCUT2D eigenvalue weighted by molar-refractivity contribution is 7.99. The number of thioether (sulfide) groups is 1. The van der Waals surface area contributed by atoms with Gasteiger partial charge in [0.15, 0.2) is 5.16 Å². The average molecular weight is 325 g/mol. The van der Waals surface area contributed by atoms with Crippen molar-refractivity contribution in [2.75, 3.05) is 5.75 Å². The number of carboxylic acid groups (broad SMARTS) is 1. The van der Waals surface area contributed by atoms with Crippen LogP contribution in [0.4, 0.5) is 0 Å². The van der Waals surface area contributed by atoms with Crippen molar-refractivity contribution in [3.63, 3.8) is 0 Å². The summed E-state index contributed by atoms with van der Waals surface area (Å²) in [6.07, 6.45) is 0. The van der Waals surface area contributed by atoms with Gasteiger partial charge < -0.3 is 5.11 Å². The first kappa shape index (κ1) is 13.5. The molecule has 0 fully saturated rings. The molecule has 7 heteroatoms. The van der Waals surface area contributed by atoms with Crippen molar-refractivity contribution < 1.29 is 9.90 Å². The summed E-state index contributed by atoms with van der Waals surface area (Å²) in [6.45, 7) is 0. The quantitative estimate of drug-likeness (QED) is 0.739. The number of nitrogens with zero attached hydrogens (tertiary/aromatic N) is 2. The van der Waals surface area contributed by atoms with Crippen molar-refractivity contribution in [3.05, 3.63) is 40.0 Å². The van der Waals surface area contributed by atoms with Crippen molar-refractivity contribution in [2.45, 2.75) is 5.16 Å². The van der Waals surface area contributed by atoms with Crippen LogP contribution in [-0.4, -0.2) is 26.4 Å². The molecule has 0 saturated heterocycles. The predicted molar refractivity (Wildman–Crippen MR) is 82.3 cm³/mol. The SMILES string of the molecule is O=C(O)CSc1nc2ccc(Cl)cc2n1-c1ccsc1. The van der Waals surface area contributed by atoms with Crippen molar-refractivity contribution in [3.8, 4) is 5.69 Å². The molecule has 102 valence electrons. The van der Waals surface area contributed by atoms with Crippen molar-refractivity contribution in [2.24, 2.45) is 0 Å². The molecule has 3 rings (SSSR count). The standard InChI is InChI=1S/C13H9ClN2O2S2/c14-8-1-2-10-11(5-8)16(9-3-4-19-6-9)13(15-10)20-7-12(17)18/h1-6H,7H2,(H,17,18). The van der Waals surface area contributed by atoms with Crippen LogP contribution in [0.1, 0.15) is 0 Å². The molecule has 0 spiro atoms. The van der Waals surface area contributed by atoms with Gasteiger partial charge in [-0.1, -0.05) is 23.4 Å². The zero-order valence-electron chi connectivity index (χ0n) is 10.1. The van der Waals surface area contributed by atoms with E-state index in [0.29, 0.717) is 10.2 Å². The second kappa shape index (κ2) is 5.47. The Morgan fingerprint density at radius 2 is 2.30 bits per heavy atom. The van der Waals surface area contributed by atoms with Gasteiger partial charge in [-0.2, -0.15) is 11.3 Å². The van der Waals surface area contributed by atoms with Crippen LogP contribution in [0.25, 0.3) is 16.7 Å². The minimum atomic E-state index is -0.864. The van der Waals surface area contributed by atoms with E-state index >= 15 is 0 Å². The molecule has 2 heterocycles. The highest BCUT2D eigenvalue weighted by atomic mass is 35.5. The summed E-state index contributed by atoms with van der Waals surface area (Å²) in [4.78, 5) is 15.3. The van der Waals surface area contributed by atoms with Gasteiger partial charge in [0.1, 0.15) is 0 Å². The topological polar surface area (TPSA) is 55.1 Å². The van der Waals surface area contributed by atoms with Gasteiger partial charge in [0.2, 0.25) is 0 Å². The Bertz CT molecular complexity index is 768. The summed E-state index contributed by atoms with van der Waals surface area (Å²) in [5, 5.41) is 14.1. The molecule has 0 aliphatic heterocycles. The lowest BCUT2D eigenvalue weighted by atomic mass is 10.3. The molecule has 0 radical (unpaired) electrons. The summed E-state index contributed by atoms with van der Waals surface area (Å²) in [5.74, 6) is -0.891. The van der Waals surface area contributed by atoms with E-state index in [1.54, 1.807) is 17.4 Å². The molecule has 1 N–H and O–H groups in total. The second-order valence-electron chi connectivity index (χ2n) is 4.03. The van der Waals surface area contributed by atoms with Gasteiger partial charge in [-0.05, 0) is 29.6 Å². The maximum Gasteiger partial charge on any atom is 0.313 e. The third kappa shape index (κ3) is 2.54. The van der Waals surface area contributed by atoms with Gasteiger partial charge in [-0.15, -0.1) is 0 Å². The third-order valence-electron chi connectivity index (χ3n) is 2.67. The summed E-state index contributed by atoms with van der Waals surface area (Å²) >= 11 is 8.82. The lowest BCUT2D eigenvalue weighted by Gasteiger charge is -2.05. The molecule has 0 aliphatic carbocycles. The molecule has 2 aromatic heterocycles. The normalized spacial score (nSPS) is 11.1. The number of aliphatic carboxylic acids is 1.